The summed E-state index contributed by atoms with van der Waals surface area (Å²) in [5.41, 5.74) is 2.66. The Morgan fingerprint density at radius 2 is 2.25 bits per heavy atom. The smallest absolute Gasteiger partial charge is 0.320 e. The molecule has 1 aliphatic rings. The Morgan fingerprint density at radius 1 is 1.45 bits per heavy atom. The normalized spacial score (nSPS) is 15.8. The molecule has 0 spiro atoms. The molecule has 1 aromatic rings. The second-order valence-corrected chi connectivity index (χ2v) is 5.35. The van der Waals surface area contributed by atoms with Crippen LogP contribution in [0.15, 0.2) is 24.3 Å². The van der Waals surface area contributed by atoms with Gasteiger partial charge in [-0.05, 0) is 43.9 Å². The van der Waals surface area contributed by atoms with Gasteiger partial charge in [0.15, 0.2) is 0 Å². The predicted octanol–water partition coefficient (Wildman–Crippen LogP) is 2.28. The second kappa shape index (κ2) is 7.29. The Labute approximate surface area is 120 Å². The monoisotopic (exact) mass is 276 g/mol. The topological polar surface area (TPSA) is 52.6 Å². The van der Waals surface area contributed by atoms with Crippen LogP contribution in [0.4, 0.5) is 5.69 Å². The molecule has 1 atom stereocenters. The van der Waals surface area contributed by atoms with Crippen LogP contribution in [0.25, 0.3) is 0 Å². The number of rotatable bonds is 7. The minimum atomic E-state index is -0.747. The van der Waals surface area contributed by atoms with Gasteiger partial charge in [0.1, 0.15) is 6.04 Å². The molecule has 1 aromatic carbocycles. The van der Waals surface area contributed by atoms with Crippen LogP contribution in [-0.4, -0.2) is 36.8 Å². The number of nitrogens with one attached hydrogen (secondary N) is 1. The summed E-state index contributed by atoms with van der Waals surface area (Å²) in [6.07, 6.45) is 3.88. The van der Waals surface area contributed by atoms with Crippen molar-refractivity contribution in [2.45, 2.75) is 38.6 Å². The summed E-state index contributed by atoms with van der Waals surface area (Å²) in [7, 11) is 0. The van der Waals surface area contributed by atoms with Gasteiger partial charge in [-0.1, -0.05) is 25.1 Å². The van der Waals surface area contributed by atoms with Crippen LogP contribution in [0.5, 0.6) is 0 Å². The minimum absolute atomic E-state index is 0.441. The molecule has 0 amide bonds. The number of aryl methyl sites for hydroxylation is 1. The fraction of sp³-hybridized carbons (Fsp3) is 0.562. The summed E-state index contributed by atoms with van der Waals surface area (Å²) < 4.78 is 0. The molecule has 1 aliphatic heterocycles. The van der Waals surface area contributed by atoms with Gasteiger partial charge in [0.25, 0.3) is 0 Å². The van der Waals surface area contributed by atoms with Crippen LogP contribution in [0.2, 0.25) is 0 Å². The highest BCUT2D eigenvalue weighted by Crippen LogP contribution is 2.26. The van der Waals surface area contributed by atoms with E-state index in [1.165, 1.54) is 11.3 Å². The number of benzene rings is 1. The minimum Gasteiger partial charge on any atom is -0.480 e. The summed E-state index contributed by atoms with van der Waals surface area (Å²) >= 11 is 0. The van der Waals surface area contributed by atoms with Crippen LogP contribution in [0.1, 0.15) is 31.7 Å². The lowest BCUT2D eigenvalue weighted by atomic mass is 10.0. The maximum absolute atomic E-state index is 11.2. The van der Waals surface area contributed by atoms with Crippen molar-refractivity contribution in [3.05, 3.63) is 29.8 Å². The largest absolute Gasteiger partial charge is 0.480 e. The first-order valence-electron chi connectivity index (χ1n) is 7.51. The van der Waals surface area contributed by atoms with Gasteiger partial charge in [0, 0.05) is 18.8 Å². The summed E-state index contributed by atoms with van der Waals surface area (Å²) in [6, 6.07) is 8.01. The van der Waals surface area contributed by atoms with Gasteiger partial charge < -0.3 is 15.3 Å². The summed E-state index contributed by atoms with van der Waals surface area (Å²) in [4.78, 5) is 13.6. The number of nitrogens with zero attached hydrogens (tertiary/aromatic N) is 1. The molecule has 1 unspecified atom stereocenters. The molecule has 4 heteroatoms. The third kappa shape index (κ3) is 3.73. The SMILES string of the molecule is CCCNC(CCN1CCCc2ccccc21)C(=O)O. The summed E-state index contributed by atoms with van der Waals surface area (Å²) in [5.74, 6) is -0.747. The van der Waals surface area contributed by atoms with Crippen molar-refractivity contribution in [1.82, 2.24) is 5.32 Å². The van der Waals surface area contributed by atoms with Gasteiger partial charge in [-0.3, -0.25) is 4.79 Å². The molecule has 0 aromatic heterocycles. The Morgan fingerprint density at radius 3 is 3.00 bits per heavy atom. The van der Waals surface area contributed by atoms with Crippen molar-refractivity contribution in [2.24, 2.45) is 0 Å². The summed E-state index contributed by atoms with van der Waals surface area (Å²) in [6.45, 7) is 4.63. The third-order valence-corrected chi connectivity index (χ3v) is 3.83. The van der Waals surface area contributed by atoms with E-state index in [9.17, 15) is 9.90 Å². The lowest BCUT2D eigenvalue weighted by molar-refractivity contribution is -0.139. The van der Waals surface area contributed by atoms with Gasteiger partial charge in [-0.2, -0.15) is 0 Å². The molecule has 0 saturated carbocycles. The van der Waals surface area contributed by atoms with Crippen molar-refractivity contribution in [2.75, 3.05) is 24.5 Å². The van der Waals surface area contributed by atoms with E-state index < -0.39 is 12.0 Å². The number of carbonyl (C=O) groups is 1. The number of para-hydroxylation sites is 1. The highest BCUT2D eigenvalue weighted by atomic mass is 16.4. The third-order valence-electron chi connectivity index (χ3n) is 3.83. The predicted molar refractivity (Wildman–Crippen MR) is 81.3 cm³/mol. The molecule has 2 rings (SSSR count). The van der Waals surface area contributed by atoms with Gasteiger partial charge in [-0.15, -0.1) is 0 Å². The molecule has 1 heterocycles. The van der Waals surface area contributed by atoms with Crippen molar-refractivity contribution in [3.63, 3.8) is 0 Å². The van der Waals surface area contributed by atoms with E-state index in [0.717, 1.165) is 38.9 Å². The van der Waals surface area contributed by atoms with Crippen LogP contribution in [-0.2, 0) is 11.2 Å². The molecular formula is C16H24N2O2. The quantitative estimate of drug-likeness (QED) is 0.802. The Balaban J connectivity index is 1.95. The second-order valence-electron chi connectivity index (χ2n) is 5.35. The van der Waals surface area contributed by atoms with E-state index in [1.807, 2.05) is 6.92 Å². The molecule has 0 saturated heterocycles. The van der Waals surface area contributed by atoms with Crippen molar-refractivity contribution in [1.29, 1.82) is 0 Å². The molecule has 20 heavy (non-hydrogen) atoms. The number of carboxylic acids is 1. The standard InChI is InChI=1S/C16H24N2O2/c1-2-10-17-14(16(19)20)9-12-18-11-5-7-13-6-3-4-8-15(13)18/h3-4,6,8,14,17H,2,5,7,9-12H2,1H3,(H,19,20). The lowest BCUT2D eigenvalue weighted by Gasteiger charge is -2.32. The molecule has 0 fully saturated rings. The maximum atomic E-state index is 11.2. The highest BCUT2D eigenvalue weighted by molar-refractivity contribution is 5.73. The van der Waals surface area contributed by atoms with Crippen molar-refractivity contribution in [3.8, 4) is 0 Å². The molecule has 2 N–H and O–H groups in total. The molecule has 0 bridgehead atoms. The first-order valence-corrected chi connectivity index (χ1v) is 7.51. The number of anilines is 1. The van der Waals surface area contributed by atoms with Crippen molar-refractivity contribution < 1.29 is 9.90 Å². The zero-order valence-corrected chi connectivity index (χ0v) is 12.1. The molecule has 110 valence electrons. The fourth-order valence-electron chi connectivity index (χ4n) is 2.76. The van der Waals surface area contributed by atoms with Crippen LogP contribution < -0.4 is 10.2 Å². The Kier molecular flexibility index (Phi) is 5.41. The van der Waals surface area contributed by atoms with Crippen molar-refractivity contribution >= 4 is 11.7 Å². The van der Waals surface area contributed by atoms with Crippen LogP contribution in [0, 0.1) is 0 Å². The van der Waals surface area contributed by atoms with Crippen LogP contribution >= 0.6 is 0 Å². The average Bonchev–Trinajstić information content (AvgIpc) is 2.47. The zero-order valence-electron chi connectivity index (χ0n) is 12.1. The van der Waals surface area contributed by atoms with Gasteiger partial charge in [-0.25, -0.2) is 0 Å². The van der Waals surface area contributed by atoms with E-state index in [4.69, 9.17) is 0 Å². The van der Waals surface area contributed by atoms with Crippen LogP contribution in [0.3, 0.4) is 0 Å². The highest BCUT2D eigenvalue weighted by Gasteiger charge is 2.20. The maximum Gasteiger partial charge on any atom is 0.320 e. The number of fused-ring (bicyclic) bond motifs is 1. The Hall–Kier alpha value is -1.55. The Bertz CT molecular complexity index is 448. The van der Waals surface area contributed by atoms with Gasteiger partial charge in [0.05, 0.1) is 0 Å². The number of hydrogen-bond acceptors (Lipinski definition) is 3. The first-order chi connectivity index (χ1) is 9.72. The average molecular weight is 276 g/mol. The number of carboxylic acid groups (broad SMARTS) is 1. The van der Waals surface area contributed by atoms with E-state index in [-0.39, 0.29) is 0 Å². The van der Waals surface area contributed by atoms with E-state index in [2.05, 4.69) is 34.5 Å². The number of aliphatic carboxylic acids is 1. The van der Waals surface area contributed by atoms with E-state index >= 15 is 0 Å². The lowest BCUT2D eigenvalue weighted by Crippen LogP contribution is -2.41. The van der Waals surface area contributed by atoms with Gasteiger partial charge in [0.2, 0.25) is 0 Å². The molecular weight excluding hydrogens is 252 g/mol. The molecule has 0 radical (unpaired) electrons. The molecule has 4 nitrogen and oxygen atoms in total. The number of hydrogen-bond donors (Lipinski definition) is 2. The van der Waals surface area contributed by atoms with Gasteiger partial charge >= 0.3 is 5.97 Å². The fourth-order valence-corrected chi connectivity index (χ4v) is 2.76. The molecule has 0 aliphatic carbocycles. The summed E-state index contributed by atoms with van der Waals surface area (Å²) in [5, 5.41) is 12.3. The van der Waals surface area contributed by atoms with E-state index in [1.54, 1.807) is 0 Å². The zero-order chi connectivity index (χ0) is 14.4. The van der Waals surface area contributed by atoms with E-state index in [0.29, 0.717) is 6.42 Å². The first kappa shape index (κ1) is 14.9.